The van der Waals surface area contributed by atoms with Crippen LogP contribution in [0.3, 0.4) is 0 Å². The number of nitrogens with zero attached hydrogens (tertiary/aromatic N) is 1. The van der Waals surface area contributed by atoms with Gasteiger partial charge in [0.25, 0.3) is 0 Å². The molecule has 0 spiro atoms. The minimum absolute atomic E-state index is 0.671. The summed E-state index contributed by atoms with van der Waals surface area (Å²) < 4.78 is 0. The van der Waals surface area contributed by atoms with E-state index >= 15 is 0 Å². The summed E-state index contributed by atoms with van der Waals surface area (Å²) in [5.74, 6) is 2.16. The normalized spacial score (nSPS) is 19.2. The van der Waals surface area contributed by atoms with Crippen LogP contribution < -0.4 is 5.73 Å². The van der Waals surface area contributed by atoms with Crippen molar-refractivity contribution in [2.45, 2.75) is 46.6 Å². The smallest absolute Gasteiger partial charge is 0.00966 e. The van der Waals surface area contributed by atoms with Crippen molar-refractivity contribution in [1.82, 2.24) is 4.90 Å². The summed E-state index contributed by atoms with van der Waals surface area (Å²) in [6, 6.07) is 0.875. The largest absolute Gasteiger partial charge is 0.330 e. The fourth-order valence-electron chi connectivity index (χ4n) is 2.14. The average Bonchev–Trinajstić information content (AvgIpc) is 2.93. The Morgan fingerprint density at radius 3 is 2.07 bits per heavy atom. The Balaban J connectivity index is 2.41. The minimum Gasteiger partial charge on any atom is -0.330 e. The highest BCUT2D eigenvalue weighted by molar-refractivity contribution is 4.86. The molecule has 15 heavy (non-hydrogen) atoms. The molecular weight excluding hydrogens is 184 g/mol. The van der Waals surface area contributed by atoms with Crippen LogP contribution in [-0.4, -0.2) is 30.6 Å². The van der Waals surface area contributed by atoms with Crippen LogP contribution in [0.25, 0.3) is 0 Å². The first-order valence-corrected chi connectivity index (χ1v) is 6.48. The van der Waals surface area contributed by atoms with Gasteiger partial charge in [-0.15, -0.1) is 0 Å². The van der Waals surface area contributed by atoms with Gasteiger partial charge in [-0.2, -0.15) is 0 Å². The molecule has 1 rings (SSSR count). The molecule has 2 heteroatoms. The van der Waals surface area contributed by atoms with Gasteiger partial charge < -0.3 is 5.73 Å². The van der Waals surface area contributed by atoms with Crippen molar-refractivity contribution in [2.75, 3.05) is 19.6 Å². The topological polar surface area (TPSA) is 29.3 Å². The standard InChI is InChI=1S/C13H28N2/c1-10(2)8-15(13-5-6-13)9-12(7-14)11(3)4/h10-13H,5-9,14H2,1-4H3. The summed E-state index contributed by atoms with van der Waals surface area (Å²) in [5, 5.41) is 0. The zero-order valence-corrected chi connectivity index (χ0v) is 10.9. The Bertz CT molecular complexity index is 173. The van der Waals surface area contributed by atoms with E-state index in [1.165, 1.54) is 25.9 Å². The molecule has 1 unspecified atom stereocenters. The third-order valence-electron chi connectivity index (χ3n) is 3.38. The molecule has 90 valence electrons. The van der Waals surface area contributed by atoms with E-state index in [2.05, 4.69) is 32.6 Å². The summed E-state index contributed by atoms with van der Waals surface area (Å²) in [6.45, 7) is 12.5. The Labute approximate surface area is 95.2 Å². The van der Waals surface area contributed by atoms with Crippen molar-refractivity contribution in [3.05, 3.63) is 0 Å². The highest BCUT2D eigenvalue weighted by atomic mass is 15.2. The maximum atomic E-state index is 5.85. The lowest BCUT2D eigenvalue weighted by atomic mass is 9.95. The summed E-state index contributed by atoms with van der Waals surface area (Å²) in [7, 11) is 0. The summed E-state index contributed by atoms with van der Waals surface area (Å²) in [6.07, 6.45) is 2.81. The maximum absolute atomic E-state index is 5.85. The van der Waals surface area contributed by atoms with Gasteiger partial charge in [0.1, 0.15) is 0 Å². The van der Waals surface area contributed by atoms with Crippen molar-refractivity contribution in [3.63, 3.8) is 0 Å². The molecule has 0 aromatic carbocycles. The average molecular weight is 212 g/mol. The summed E-state index contributed by atoms with van der Waals surface area (Å²) >= 11 is 0. The van der Waals surface area contributed by atoms with E-state index in [4.69, 9.17) is 5.73 Å². The summed E-state index contributed by atoms with van der Waals surface area (Å²) in [5.41, 5.74) is 5.85. The molecule has 0 heterocycles. The molecule has 0 aromatic rings. The molecule has 0 saturated heterocycles. The van der Waals surface area contributed by atoms with E-state index < -0.39 is 0 Å². The fourth-order valence-corrected chi connectivity index (χ4v) is 2.14. The number of nitrogens with two attached hydrogens (primary N) is 1. The van der Waals surface area contributed by atoms with Crippen LogP contribution in [0.4, 0.5) is 0 Å². The van der Waals surface area contributed by atoms with Gasteiger partial charge in [0.15, 0.2) is 0 Å². The second-order valence-corrected chi connectivity index (χ2v) is 5.82. The highest BCUT2D eigenvalue weighted by Gasteiger charge is 2.30. The van der Waals surface area contributed by atoms with Gasteiger partial charge in [0, 0.05) is 19.1 Å². The molecule has 2 nitrogen and oxygen atoms in total. The van der Waals surface area contributed by atoms with Crippen molar-refractivity contribution in [3.8, 4) is 0 Å². The van der Waals surface area contributed by atoms with Crippen LogP contribution in [0.15, 0.2) is 0 Å². The Kier molecular flexibility index (Phi) is 5.07. The fraction of sp³-hybridized carbons (Fsp3) is 1.00. The molecule has 1 aliphatic carbocycles. The van der Waals surface area contributed by atoms with E-state index in [1.807, 2.05) is 0 Å². The van der Waals surface area contributed by atoms with E-state index in [0.29, 0.717) is 11.8 Å². The Hall–Kier alpha value is -0.0800. The maximum Gasteiger partial charge on any atom is 0.00966 e. The lowest BCUT2D eigenvalue weighted by Gasteiger charge is -2.30. The van der Waals surface area contributed by atoms with Crippen LogP contribution in [0.1, 0.15) is 40.5 Å². The van der Waals surface area contributed by atoms with Gasteiger partial charge >= 0.3 is 0 Å². The number of rotatable bonds is 7. The second kappa shape index (κ2) is 5.86. The van der Waals surface area contributed by atoms with Crippen molar-refractivity contribution in [2.24, 2.45) is 23.5 Å². The van der Waals surface area contributed by atoms with E-state index in [-0.39, 0.29) is 0 Å². The predicted molar refractivity (Wildman–Crippen MR) is 66.8 cm³/mol. The third-order valence-corrected chi connectivity index (χ3v) is 3.38. The molecule has 1 fully saturated rings. The molecular formula is C13H28N2. The SMILES string of the molecule is CC(C)CN(CC(CN)C(C)C)C1CC1. The molecule has 0 aliphatic heterocycles. The van der Waals surface area contributed by atoms with Gasteiger partial charge in [-0.1, -0.05) is 27.7 Å². The zero-order chi connectivity index (χ0) is 11.4. The number of hydrogen-bond donors (Lipinski definition) is 1. The Morgan fingerprint density at radius 1 is 1.13 bits per heavy atom. The summed E-state index contributed by atoms with van der Waals surface area (Å²) in [4.78, 5) is 2.67. The second-order valence-electron chi connectivity index (χ2n) is 5.82. The lowest BCUT2D eigenvalue weighted by Crippen LogP contribution is -2.38. The van der Waals surface area contributed by atoms with Gasteiger partial charge in [0.2, 0.25) is 0 Å². The van der Waals surface area contributed by atoms with Gasteiger partial charge in [-0.3, -0.25) is 4.90 Å². The first-order chi connectivity index (χ1) is 7.04. The van der Waals surface area contributed by atoms with E-state index in [0.717, 1.165) is 18.5 Å². The van der Waals surface area contributed by atoms with Gasteiger partial charge in [0.05, 0.1) is 0 Å². The van der Waals surface area contributed by atoms with Gasteiger partial charge in [-0.05, 0) is 37.1 Å². The van der Waals surface area contributed by atoms with Crippen molar-refractivity contribution < 1.29 is 0 Å². The molecule has 1 aliphatic rings. The number of hydrogen-bond acceptors (Lipinski definition) is 2. The lowest BCUT2D eigenvalue weighted by molar-refractivity contribution is 0.178. The zero-order valence-electron chi connectivity index (χ0n) is 10.9. The van der Waals surface area contributed by atoms with E-state index in [1.54, 1.807) is 0 Å². The first-order valence-electron chi connectivity index (χ1n) is 6.48. The Morgan fingerprint density at radius 2 is 1.73 bits per heavy atom. The quantitative estimate of drug-likeness (QED) is 0.702. The molecule has 0 bridgehead atoms. The minimum atomic E-state index is 0.671. The van der Waals surface area contributed by atoms with Crippen LogP contribution in [0.5, 0.6) is 0 Å². The van der Waals surface area contributed by atoms with Crippen LogP contribution >= 0.6 is 0 Å². The molecule has 1 atom stereocenters. The molecule has 0 amide bonds. The first kappa shape index (κ1) is 13.0. The molecule has 1 saturated carbocycles. The highest BCUT2D eigenvalue weighted by Crippen LogP contribution is 2.29. The van der Waals surface area contributed by atoms with E-state index in [9.17, 15) is 0 Å². The third kappa shape index (κ3) is 4.52. The van der Waals surface area contributed by atoms with Gasteiger partial charge in [-0.25, -0.2) is 0 Å². The van der Waals surface area contributed by atoms with Crippen LogP contribution in [0.2, 0.25) is 0 Å². The van der Waals surface area contributed by atoms with Crippen molar-refractivity contribution in [1.29, 1.82) is 0 Å². The van der Waals surface area contributed by atoms with Crippen molar-refractivity contribution >= 4 is 0 Å². The van der Waals surface area contributed by atoms with Crippen LogP contribution in [0, 0.1) is 17.8 Å². The molecule has 0 aromatic heterocycles. The molecule has 2 N–H and O–H groups in total. The monoisotopic (exact) mass is 212 g/mol. The molecule has 0 radical (unpaired) electrons. The predicted octanol–water partition coefficient (Wildman–Crippen LogP) is 2.34. The van der Waals surface area contributed by atoms with Crippen LogP contribution in [-0.2, 0) is 0 Å².